The van der Waals surface area contributed by atoms with Crippen LogP contribution in [0.4, 0.5) is 0 Å². The molecule has 0 spiro atoms. The molecular formula is C29H48O9. The highest BCUT2D eigenvalue weighted by Gasteiger charge is 2.41. The van der Waals surface area contributed by atoms with E-state index in [2.05, 4.69) is 4.89 Å². The van der Waals surface area contributed by atoms with Crippen molar-refractivity contribution in [2.24, 2.45) is 35.5 Å². The summed E-state index contributed by atoms with van der Waals surface area (Å²) in [6.45, 7) is 0.946. The van der Waals surface area contributed by atoms with E-state index >= 15 is 0 Å². The van der Waals surface area contributed by atoms with Gasteiger partial charge in [0, 0.05) is 0 Å². The van der Waals surface area contributed by atoms with Crippen molar-refractivity contribution in [2.75, 3.05) is 13.2 Å². The zero-order valence-corrected chi connectivity index (χ0v) is 22.7. The molecule has 0 aromatic carbocycles. The lowest BCUT2D eigenvalue weighted by molar-refractivity contribution is -0.339. The van der Waals surface area contributed by atoms with Crippen molar-refractivity contribution in [2.45, 2.75) is 121 Å². The first kappa shape index (κ1) is 29.7. The average molecular weight is 541 g/mol. The van der Waals surface area contributed by atoms with Gasteiger partial charge in [-0.1, -0.05) is 12.8 Å². The van der Waals surface area contributed by atoms with Crippen LogP contribution in [-0.4, -0.2) is 58.9 Å². The van der Waals surface area contributed by atoms with Gasteiger partial charge >= 0.3 is 11.9 Å². The Labute approximate surface area is 226 Å². The lowest BCUT2D eigenvalue weighted by Gasteiger charge is -2.35. The molecule has 4 saturated carbocycles. The van der Waals surface area contributed by atoms with Gasteiger partial charge in [-0.3, -0.25) is 14.8 Å². The topological polar surface area (TPSA) is 132 Å². The number of rotatable bonds is 11. The highest BCUT2D eigenvalue weighted by molar-refractivity contribution is 5.81. The molecule has 4 aliphatic carbocycles. The molecule has 0 radical (unpaired) electrons. The molecule has 4 aliphatic rings. The van der Waals surface area contributed by atoms with Gasteiger partial charge in [-0.15, -0.1) is 0 Å². The Morgan fingerprint density at radius 1 is 0.711 bits per heavy atom. The first-order chi connectivity index (χ1) is 18.4. The van der Waals surface area contributed by atoms with Gasteiger partial charge in [-0.05, 0) is 114 Å². The van der Waals surface area contributed by atoms with Gasteiger partial charge in [0.2, 0.25) is 0 Å². The van der Waals surface area contributed by atoms with E-state index in [0.717, 1.165) is 64.2 Å². The number of carboxylic acids is 1. The van der Waals surface area contributed by atoms with Crippen LogP contribution in [0.25, 0.3) is 0 Å². The quantitative estimate of drug-likeness (QED) is 0.185. The summed E-state index contributed by atoms with van der Waals surface area (Å²) in [7, 11) is 0. The highest BCUT2D eigenvalue weighted by atomic mass is 17.2. The molecule has 3 N–H and O–H groups in total. The van der Waals surface area contributed by atoms with Crippen LogP contribution >= 0.6 is 0 Å². The first-order valence-electron chi connectivity index (χ1n) is 15.1. The Morgan fingerprint density at radius 2 is 1.32 bits per heavy atom. The van der Waals surface area contributed by atoms with Crippen LogP contribution < -0.4 is 0 Å². The smallest absolute Gasteiger partial charge is 0.310 e. The van der Waals surface area contributed by atoms with Gasteiger partial charge in [-0.25, -0.2) is 14.7 Å². The minimum Gasteiger partial charge on any atom is -0.481 e. The Bertz CT molecular complexity index is 728. The molecule has 218 valence electrons. The lowest BCUT2D eigenvalue weighted by atomic mass is 9.76. The van der Waals surface area contributed by atoms with Crippen LogP contribution in [-0.2, 0) is 29.0 Å². The van der Waals surface area contributed by atoms with E-state index < -0.39 is 29.9 Å². The summed E-state index contributed by atoms with van der Waals surface area (Å²) in [5.74, 6) is -0.831. The second kappa shape index (κ2) is 14.9. The van der Waals surface area contributed by atoms with Crippen molar-refractivity contribution in [1.29, 1.82) is 0 Å². The number of hydrogen-bond donors (Lipinski definition) is 3. The largest absolute Gasteiger partial charge is 0.481 e. The van der Waals surface area contributed by atoms with Gasteiger partial charge in [0.25, 0.3) is 0 Å². The molecule has 38 heavy (non-hydrogen) atoms. The molecule has 0 amide bonds. The molecule has 0 heterocycles. The number of carbonyl (C=O) groups excluding carboxylic acids is 1. The van der Waals surface area contributed by atoms with Gasteiger partial charge in [0.15, 0.2) is 0 Å². The molecule has 4 fully saturated rings. The molecule has 0 bridgehead atoms. The number of aliphatic hydroxyl groups excluding tert-OH is 1. The van der Waals surface area contributed by atoms with Crippen LogP contribution in [0.1, 0.15) is 103 Å². The standard InChI is InChI=1S/C29H48O9/c30-23-9-14-26(27(16-23)28(31)32)29(33)37-24-10-5-19(6-11-24)15-20-7-12-25(13-8-20)38-36-18-22-4-2-1-3-21(22)17-35-34/h19-27,30,34H,1-18H2,(H,31,32). The maximum atomic E-state index is 12.7. The maximum absolute atomic E-state index is 12.7. The monoisotopic (exact) mass is 540 g/mol. The highest BCUT2D eigenvalue weighted by Crippen LogP contribution is 2.38. The minimum absolute atomic E-state index is 0.117. The fourth-order valence-corrected chi connectivity index (χ4v) is 7.42. The second-order valence-electron chi connectivity index (χ2n) is 12.5. The first-order valence-corrected chi connectivity index (χ1v) is 15.1. The normalized spacial score (nSPS) is 38.4. The molecule has 0 aromatic heterocycles. The summed E-state index contributed by atoms with van der Waals surface area (Å²) < 4.78 is 5.77. The van der Waals surface area contributed by atoms with Gasteiger partial charge < -0.3 is 14.9 Å². The molecule has 9 heteroatoms. The minimum atomic E-state index is -1.02. The summed E-state index contributed by atoms with van der Waals surface area (Å²) in [6.07, 6.45) is 14.2. The van der Waals surface area contributed by atoms with E-state index in [-0.39, 0.29) is 18.6 Å². The van der Waals surface area contributed by atoms with E-state index in [1.165, 1.54) is 19.3 Å². The predicted octanol–water partition coefficient (Wildman–Crippen LogP) is 5.14. The molecule has 9 nitrogen and oxygen atoms in total. The van der Waals surface area contributed by atoms with Crippen LogP contribution in [0.5, 0.6) is 0 Å². The average Bonchev–Trinajstić information content (AvgIpc) is 2.92. The summed E-state index contributed by atoms with van der Waals surface area (Å²) in [4.78, 5) is 40.1. The predicted molar refractivity (Wildman–Crippen MR) is 138 cm³/mol. The summed E-state index contributed by atoms with van der Waals surface area (Å²) in [5.41, 5.74) is 0. The van der Waals surface area contributed by atoms with Crippen LogP contribution in [0.3, 0.4) is 0 Å². The Kier molecular flexibility index (Phi) is 11.7. The Balaban J connectivity index is 1.09. The summed E-state index contributed by atoms with van der Waals surface area (Å²) in [5, 5.41) is 28.1. The number of ether oxygens (including phenoxy) is 1. The van der Waals surface area contributed by atoms with Crippen molar-refractivity contribution in [3.8, 4) is 0 Å². The molecule has 5 unspecified atom stereocenters. The van der Waals surface area contributed by atoms with Crippen molar-refractivity contribution in [3.05, 3.63) is 0 Å². The molecule has 4 rings (SSSR count). The van der Waals surface area contributed by atoms with Crippen molar-refractivity contribution in [3.63, 3.8) is 0 Å². The van der Waals surface area contributed by atoms with Crippen LogP contribution in [0.15, 0.2) is 0 Å². The number of aliphatic carboxylic acids is 1. The summed E-state index contributed by atoms with van der Waals surface area (Å²) >= 11 is 0. The van der Waals surface area contributed by atoms with E-state index in [9.17, 15) is 19.8 Å². The number of carboxylic acid groups (broad SMARTS) is 1. The SMILES string of the molecule is O=C(O)C1CC(O)CCC1C(=O)OC1CCC(CC2CCC(OOCC3CCCCC3COO)CC2)CC1. The van der Waals surface area contributed by atoms with E-state index in [1.807, 2.05) is 0 Å². The Hall–Kier alpha value is -1.26. The molecule has 0 aromatic rings. The third-order valence-corrected chi connectivity index (χ3v) is 9.82. The molecule has 0 aliphatic heterocycles. The van der Waals surface area contributed by atoms with Gasteiger partial charge in [0.1, 0.15) is 6.10 Å². The zero-order chi connectivity index (χ0) is 26.9. The molecule has 5 atom stereocenters. The molecular weight excluding hydrogens is 492 g/mol. The third-order valence-electron chi connectivity index (χ3n) is 9.82. The fourth-order valence-electron chi connectivity index (χ4n) is 7.42. The van der Waals surface area contributed by atoms with Crippen molar-refractivity contribution < 1.29 is 44.5 Å². The van der Waals surface area contributed by atoms with Crippen LogP contribution in [0.2, 0.25) is 0 Å². The lowest BCUT2D eigenvalue weighted by Crippen LogP contribution is -2.39. The van der Waals surface area contributed by atoms with E-state index in [0.29, 0.717) is 49.7 Å². The fraction of sp³-hybridized carbons (Fsp3) is 0.931. The van der Waals surface area contributed by atoms with E-state index in [4.69, 9.17) is 19.8 Å². The third kappa shape index (κ3) is 8.62. The zero-order valence-electron chi connectivity index (χ0n) is 22.7. The van der Waals surface area contributed by atoms with E-state index in [1.54, 1.807) is 0 Å². The summed E-state index contributed by atoms with van der Waals surface area (Å²) in [6, 6.07) is 0. The number of esters is 1. The maximum Gasteiger partial charge on any atom is 0.310 e. The molecule has 0 saturated heterocycles. The second-order valence-corrected chi connectivity index (χ2v) is 12.5. The van der Waals surface area contributed by atoms with Crippen LogP contribution in [0, 0.1) is 35.5 Å². The number of aliphatic hydroxyl groups is 1. The Morgan fingerprint density at radius 3 is 1.92 bits per heavy atom. The van der Waals surface area contributed by atoms with Gasteiger partial charge in [0.05, 0.1) is 37.3 Å². The van der Waals surface area contributed by atoms with Crippen molar-refractivity contribution in [1.82, 2.24) is 0 Å². The number of hydrogen-bond acceptors (Lipinski definition) is 8. The number of carbonyl (C=O) groups is 2. The van der Waals surface area contributed by atoms with Gasteiger partial charge in [-0.2, -0.15) is 0 Å². The van der Waals surface area contributed by atoms with Crippen molar-refractivity contribution >= 4 is 11.9 Å².